The van der Waals surface area contributed by atoms with Crippen molar-refractivity contribution in [1.29, 1.82) is 5.26 Å². The molecule has 0 aliphatic carbocycles. The maximum absolute atomic E-state index is 8.93. The largest absolute Gasteiger partial charge is 0.396 e. The maximum Gasteiger partial charge on any atom is 0.144 e. The van der Waals surface area contributed by atoms with E-state index < -0.39 is 0 Å². The molecule has 0 atom stereocenters. The first kappa shape index (κ1) is 14.6. The van der Waals surface area contributed by atoms with E-state index in [0.717, 1.165) is 24.9 Å². The van der Waals surface area contributed by atoms with Crippen LogP contribution in [0, 0.1) is 16.7 Å². The van der Waals surface area contributed by atoms with Crippen molar-refractivity contribution < 1.29 is 5.11 Å². The van der Waals surface area contributed by atoms with E-state index in [-0.39, 0.29) is 12.0 Å². The van der Waals surface area contributed by atoms with Crippen molar-refractivity contribution in [2.75, 3.05) is 13.2 Å². The topological polar surface area (TPSA) is 68.9 Å². The molecule has 1 aromatic rings. The molecule has 4 nitrogen and oxygen atoms in total. The molecule has 0 saturated heterocycles. The zero-order valence-corrected chi connectivity index (χ0v) is 11.1. The third-order valence-corrected chi connectivity index (χ3v) is 2.93. The summed E-state index contributed by atoms with van der Waals surface area (Å²) in [5.74, 6) is 0. The van der Waals surface area contributed by atoms with Gasteiger partial charge >= 0.3 is 0 Å². The summed E-state index contributed by atoms with van der Waals surface area (Å²) in [4.78, 5) is 4.03. The van der Waals surface area contributed by atoms with Gasteiger partial charge in [-0.3, -0.25) is 0 Å². The molecule has 98 valence electrons. The summed E-state index contributed by atoms with van der Waals surface area (Å²) in [6.07, 6.45) is 3.44. The summed E-state index contributed by atoms with van der Waals surface area (Å²) in [7, 11) is 0. The van der Waals surface area contributed by atoms with Gasteiger partial charge in [-0.05, 0) is 24.3 Å². The van der Waals surface area contributed by atoms with Gasteiger partial charge in [-0.15, -0.1) is 0 Å². The lowest BCUT2D eigenvalue weighted by Gasteiger charge is -2.24. The van der Waals surface area contributed by atoms with Crippen LogP contribution in [0.25, 0.3) is 0 Å². The van der Waals surface area contributed by atoms with Crippen molar-refractivity contribution in [3.05, 3.63) is 29.6 Å². The Morgan fingerprint density at radius 3 is 2.94 bits per heavy atom. The number of nitrogens with one attached hydrogen (secondary N) is 1. The molecule has 1 aromatic heterocycles. The molecule has 0 unspecified atom stereocenters. The molecule has 1 heterocycles. The summed E-state index contributed by atoms with van der Waals surface area (Å²) in [6.45, 7) is 6.09. The molecular formula is C14H21N3O. The minimum atomic E-state index is 0.151. The molecule has 0 fully saturated rings. The molecular weight excluding hydrogens is 226 g/mol. The highest BCUT2D eigenvalue weighted by atomic mass is 16.2. The van der Waals surface area contributed by atoms with Gasteiger partial charge < -0.3 is 10.4 Å². The summed E-state index contributed by atoms with van der Waals surface area (Å²) in [5.41, 5.74) is 1.56. The second-order valence-corrected chi connectivity index (χ2v) is 5.22. The predicted molar refractivity (Wildman–Crippen MR) is 70.8 cm³/mol. The van der Waals surface area contributed by atoms with Crippen LogP contribution in [0.2, 0.25) is 0 Å². The lowest BCUT2D eigenvalue weighted by atomic mass is 9.88. The van der Waals surface area contributed by atoms with E-state index in [9.17, 15) is 0 Å². The van der Waals surface area contributed by atoms with E-state index in [1.54, 1.807) is 6.20 Å². The van der Waals surface area contributed by atoms with Crippen LogP contribution in [-0.2, 0) is 6.54 Å². The first-order valence-corrected chi connectivity index (χ1v) is 6.24. The van der Waals surface area contributed by atoms with Crippen LogP contribution in [0.15, 0.2) is 18.3 Å². The van der Waals surface area contributed by atoms with Crippen molar-refractivity contribution in [3.8, 4) is 6.07 Å². The number of aromatic nitrogens is 1. The van der Waals surface area contributed by atoms with E-state index >= 15 is 0 Å². The van der Waals surface area contributed by atoms with Gasteiger partial charge in [0.05, 0.1) is 0 Å². The third kappa shape index (κ3) is 4.82. The number of hydrogen-bond acceptors (Lipinski definition) is 4. The van der Waals surface area contributed by atoms with Crippen molar-refractivity contribution in [1.82, 2.24) is 10.3 Å². The number of nitriles is 1. The van der Waals surface area contributed by atoms with Gasteiger partial charge in [0.25, 0.3) is 0 Å². The molecule has 0 amide bonds. The number of aliphatic hydroxyl groups excluding tert-OH is 1. The van der Waals surface area contributed by atoms with Crippen LogP contribution in [0.1, 0.15) is 37.9 Å². The fourth-order valence-corrected chi connectivity index (χ4v) is 1.86. The zero-order chi connectivity index (χ0) is 13.4. The zero-order valence-electron chi connectivity index (χ0n) is 11.1. The first-order valence-electron chi connectivity index (χ1n) is 6.24. The van der Waals surface area contributed by atoms with Gasteiger partial charge in [-0.25, -0.2) is 4.98 Å². The van der Waals surface area contributed by atoms with E-state index in [1.165, 1.54) is 0 Å². The average Bonchev–Trinajstić information content (AvgIpc) is 2.37. The molecule has 4 heteroatoms. The third-order valence-electron chi connectivity index (χ3n) is 2.93. The van der Waals surface area contributed by atoms with Crippen LogP contribution in [0.3, 0.4) is 0 Å². The SMILES string of the molecule is CC(C)(CCCO)CNCc1cccnc1C#N. The quantitative estimate of drug-likeness (QED) is 0.771. The van der Waals surface area contributed by atoms with Crippen LogP contribution in [-0.4, -0.2) is 23.2 Å². The van der Waals surface area contributed by atoms with Gasteiger partial charge in [-0.2, -0.15) is 5.26 Å². The minimum absolute atomic E-state index is 0.151. The number of nitrogens with zero attached hydrogens (tertiary/aromatic N) is 2. The number of aliphatic hydroxyl groups is 1. The highest BCUT2D eigenvalue weighted by Crippen LogP contribution is 2.20. The highest BCUT2D eigenvalue weighted by Gasteiger charge is 2.16. The first-order chi connectivity index (χ1) is 8.59. The van der Waals surface area contributed by atoms with Crippen molar-refractivity contribution in [3.63, 3.8) is 0 Å². The van der Waals surface area contributed by atoms with E-state index in [0.29, 0.717) is 12.2 Å². The molecule has 2 N–H and O–H groups in total. The number of pyridine rings is 1. The second-order valence-electron chi connectivity index (χ2n) is 5.22. The van der Waals surface area contributed by atoms with Crippen molar-refractivity contribution in [2.24, 2.45) is 5.41 Å². The van der Waals surface area contributed by atoms with E-state index in [4.69, 9.17) is 10.4 Å². The Labute approximate surface area is 109 Å². The smallest absolute Gasteiger partial charge is 0.144 e. The Hall–Kier alpha value is -1.44. The molecule has 18 heavy (non-hydrogen) atoms. The van der Waals surface area contributed by atoms with Gasteiger partial charge in [0, 0.05) is 31.5 Å². The summed E-state index contributed by atoms with van der Waals surface area (Å²) >= 11 is 0. The lowest BCUT2D eigenvalue weighted by Crippen LogP contribution is -2.29. The number of hydrogen-bond donors (Lipinski definition) is 2. The van der Waals surface area contributed by atoms with Gasteiger partial charge in [0.15, 0.2) is 0 Å². The van der Waals surface area contributed by atoms with Gasteiger partial charge in [0.2, 0.25) is 0 Å². The molecule has 0 bridgehead atoms. The van der Waals surface area contributed by atoms with Crippen LogP contribution < -0.4 is 5.32 Å². The fourth-order valence-electron chi connectivity index (χ4n) is 1.86. The standard InChI is InChI=1S/C14H21N3O/c1-14(2,6-4-8-18)11-16-10-12-5-3-7-17-13(12)9-15/h3,5,7,16,18H,4,6,8,10-11H2,1-2H3. The van der Waals surface area contributed by atoms with Crippen LogP contribution in [0.5, 0.6) is 0 Å². The number of rotatable bonds is 7. The summed E-state index contributed by atoms with van der Waals surface area (Å²) < 4.78 is 0. The highest BCUT2D eigenvalue weighted by molar-refractivity contribution is 5.30. The van der Waals surface area contributed by atoms with Gasteiger partial charge in [0.1, 0.15) is 11.8 Å². The van der Waals surface area contributed by atoms with Crippen LogP contribution in [0.4, 0.5) is 0 Å². The Morgan fingerprint density at radius 2 is 2.28 bits per heavy atom. The summed E-state index contributed by atoms with van der Waals surface area (Å²) in [5, 5.41) is 21.1. The maximum atomic E-state index is 8.93. The van der Waals surface area contributed by atoms with Crippen molar-refractivity contribution in [2.45, 2.75) is 33.2 Å². The minimum Gasteiger partial charge on any atom is -0.396 e. The van der Waals surface area contributed by atoms with Gasteiger partial charge in [-0.1, -0.05) is 19.9 Å². The Morgan fingerprint density at radius 1 is 1.50 bits per heavy atom. The van der Waals surface area contributed by atoms with E-state index in [2.05, 4.69) is 30.2 Å². The molecule has 0 aliphatic heterocycles. The van der Waals surface area contributed by atoms with E-state index in [1.807, 2.05) is 12.1 Å². The summed E-state index contributed by atoms with van der Waals surface area (Å²) in [6, 6.07) is 5.85. The molecule has 0 aliphatic rings. The molecule has 1 rings (SSSR count). The van der Waals surface area contributed by atoms with Crippen molar-refractivity contribution >= 4 is 0 Å². The fraction of sp³-hybridized carbons (Fsp3) is 0.571. The monoisotopic (exact) mass is 247 g/mol. The Balaban J connectivity index is 2.44. The molecule has 0 saturated carbocycles. The second kappa shape index (κ2) is 7.10. The average molecular weight is 247 g/mol. The van der Waals surface area contributed by atoms with Crippen LogP contribution >= 0.6 is 0 Å². The lowest BCUT2D eigenvalue weighted by molar-refractivity contribution is 0.236. The molecule has 0 spiro atoms. The molecule has 0 radical (unpaired) electrons. The predicted octanol–water partition coefficient (Wildman–Crippen LogP) is 1.84. The normalized spacial score (nSPS) is 11.2. The Kier molecular flexibility index (Phi) is 5.76. The molecule has 0 aromatic carbocycles. The Bertz CT molecular complexity index is 410.